The van der Waals surface area contributed by atoms with E-state index in [1.54, 1.807) is 12.1 Å². The van der Waals surface area contributed by atoms with E-state index in [4.69, 9.17) is 4.98 Å². The molecule has 6 heteroatoms. The lowest BCUT2D eigenvalue weighted by atomic mass is 10.1. The number of rotatable bonds is 6. The lowest BCUT2D eigenvalue weighted by molar-refractivity contribution is 0.601. The van der Waals surface area contributed by atoms with Crippen molar-refractivity contribution in [3.05, 3.63) is 89.2 Å². The second kappa shape index (κ2) is 7.95. The van der Waals surface area contributed by atoms with Crippen molar-refractivity contribution in [2.45, 2.75) is 31.6 Å². The van der Waals surface area contributed by atoms with Crippen LogP contribution in [0.1, 0.15) is 22.5 Å². The van der Waals surface area contributed by atoms with Gasteiger partial charge < -0.3 is 4.57 Å². The SMILES string of the molecule is Cc1ccc(S(=O)(=O)Nc2ccccc2CCc2nc3ccccc3n2C)cc1C. The van der Waals surface area contributed by atoms with Gasteiger partial charge >= 0.3 is 0 Å². The highest BCUT2D eigenvalue weighted by molar-refractivity contribution is 7.92. The Bertz CT molecular complexity index is 1320. The zero-order valence-corrected chi connectivity index (χ0v) is 18.2. The van der Waals surface area contributed by atoms with E-state index in [9.17, 15) is 8.42 Å². The molecule has 1 aromatic heterocycles. The fourth-order valence-corrected chi connectivity index (χ4v) is 4.77. The lowest BCUT2D eigenvalue weighted by Gasteiger charge is -2.13. The van der Waals surface area contributed by atoms with Gasteiger partial charge in [-0.1, -0.05) is 36.4 Å². The molecule has 0 unspecified atom stereocenters. The van der Waals surface area contributed by atoms with Crippen LogP contribution in [-0.2, 0) is 29.9 Å². The molecule has 0 fully saturated rings. The Balaban J connectivity index is 1.58. The predicted molar refractivity (Wildman–Crippen MR) is 121 cm³/mol. The van der Waals surface area contributed by atoms with Crippen molar-refractivity contribution < 1.29 is 8.42 Å². The third-order valence-corrected chi connectivity index (χ3v) is 6.91. The predicted octanol–water partition coefficient (Wildman–Crippen LogP) is 4.78. The fraction of sp³-hybridized carbons (Fsp3) is 0.208. The van der Waals surface area contributed by atoms with Crippen molar-refractivity contribution in [1.29, 1.82) is 0 Å². The molecule has 1 heterocycles. The summed E-state index contributed by atoms with van der Waals surface area (Å²) in [6.07, 6.45) is 1.40. The summed E-state index contributed by atoms with van der Waals surface area (Å²) in [5, 5.41) is 0. The number of nitrogens with zero attached hydrogens (tertiary/aromatic N) is 2. The summed E-state index contributed by atoms with van der Waals surface area (Å²) in [6, 6.07) is 20.8. The monoisotopic (exact) mass is 419 g/mol. The minimum absolute atomic E-state index is 0.274. The van der Waals surface area contributed by atoms with E-state index in [0.717, 1.165) is 33.5 Å². The molecule has 0 atom stereocenters. The van der Waals surface area contributed by atoms with Crippen molar-refractivity contribution in [2.24, 2.45) is 7.05 Å². The molecule has 0 aliphatic carbocycles. The molecule has 0 aliphatic rings. The normalized spacial score (nSPS) is 11.7. The first kappa shape index (κ1) is 20.2. The average molecular weight is 420 g/mol. The molecule has 0 aliphatic heterocycles. The van der Waals surface area contributed by atoms with Gasteiger partial charge in [0.2, 0.25) is 0 Å². The molecular formula is C24H25N3O2S. The minimum Gasteiger partial charge on any atom is -0.331 e. The summed E-state index contributed by atoms with van der Waals surface area (Å²) in [4.78, 5) is 5.00. The van der Waals surface area contributed by atoms with Gasteiger partial charge in [0.25, 0.3) is 10.0 Å². The molecule has 0 saturated heterocycles. The second-order valence-electron chi connectivity index (χ2n) is 7.58. The largest absolute Gasteiger partial charge is 0.331 e. The maximum absolute atomic E-state index is 12.9. The van der Waals surface area contributed by atoms with E-state index in [2.05, 4.69) is 15.4 Å². The molecule has 30 heavy (non-hydrogen) atoms. The first-order valence-corrected chi connectivity index (χ1v) is 11.4. The summed E-state index contributed by atoms with van der Waals surface area (Å²) in [6.45, 7) is 3.88. The van der Waals surface area contributed by atoms with Gasteiger partial charge in [0.05, 0.1) is 21.6 Å². The zero-order chi connectivity index (χ0) is 21.3. The third kappa shape index (κ3) is 3.96. The van der Waals surface area contributed by atoms with E-state index in [1.807, 2.05) is 69.4 Å². The highest BCUT2D eigenvalue weighted by atomic mass is 32.2. The number of imidazole rings is 1. The van der Waals surface area contributed by atoms with Crippen molar-refractivity contribution in [2.75, 3.05) is 4.72 Å². The van der Waals surface area contributed by atoms with Crippen molar-refractivity contribution >= 4 is 26.7 Å². The van der Waals surface area contributed by atoms with Crippen molar-refractivity contribution in [1.82, 2.24) is 9.55 Å². The van der Waals surface area contributed by atoms with Gasteiger partial charge in [-0.3, -0.25) is 4.72 Å². The lowest BCUT2D eigenvalue weighted by Crippen LogP contribution is -2.15. The molecule has 1 N–H and O–H groups in total. The van der Waals surface area contributed by atoms with Crippen molar-refractivity contribution in [3.8, 4) is 0 Å². The molecule has 3 aromatic carbocycles. The molecule has 154 valence electrons. The van der Waals surface area contributed by atoms with Crippen LogP contribution < -0.4 is 4.72 Å². The minimum atomic E-state index is -3.66. The maximum Gasteiger partial charge on any atom is 0.261 e. The first-order valence-electron chi connectivity index (χ1n) is 9.93. The molecule has 0 radical (unpaired) electrons. The Morgan fingerprint density at radius 2 is 1.63 bits per heavy atom. The molecule has 0 saturated carbocycles. The molecule has 4 aromatic rings. The summed E-state index contributed by atoms with van der Waals surface area (Å²) < 4.78 is 30.7. The van der Waals surface area contributed by atoms with Crippen LogP contribution >= 0.6 is 0 Å². The number of sulfonamides is 1. The summed E-state index contributed by atoms with van der Waals surface area (Å²) in [7, 11) is -1.64. The van der Waals surface area contributed by atoms with E-state index >= 15 is 0 Å². The van der Waals surface area contributed by atoms with E-state index in [1.165, 1.54) is 0 Å². The molecular weight excluding hydrogens is 394 g/mol. The van der Waals surface area contributed by atoms with Crippen LogP contribution in [0.3, 0.4) is 0 Å². The number of fused-ring (bicyclic) bond motifs is 1. The quantitative estimate of drug-likeness (QED) is 0.489. The smallest absolute Gasteiger partial charge is 0.261 e. The number of hydrogen-bond donors (Lipinski definition) is 1. The van der Waals surface area contributed by atoms with Crippen LogP contribution in [0.5, 0.6) is 0 Å². The number of anilines is 1. The molecule has 0 amide bonds. The highest BCUT2D eigenvalue weighted by Gasteiger charge is 2.17. The highest BCUT2D eigenvalue weighted by Crippen LogP contribution is 2.23. The fourth-order valence-electron chi connectivity index (χ4n) is 3.59. The van der Waals surface area contributed by atoms with Crippen LogP contribution in [0, 0.1) is 13.8 Å². The van der Waals surface area contributed by atoms with Crippen LogP contribution in [0.15, 0.2) is 71.6 Å². The van der Waals surface area contributed by atoms with E-state index < -0.39 is 10.0 Å². The van der Waals surface area contributed by atoms with Crippen LogP contribution in [0.25, 0.3) is 11.0 Å². The van der Waals surface area contributed by atoms with Crippen molar-refractivity contribution in [3.63, 3.8) is 0 Å². The number of benzene rings is 3. The van der Waals surface area contributed by atoms with Gasteiger partial charge in [-0.15, -0.1) is 0 Å². The first-order chi connectivity index (χ1) is 14.3. The summed E-state index contributed by atoms with van der Waals surface area (Å²) in [5.41, 5.74) is 5.63. The van der Waals surface area contributed by atoms with Gasteiger partial charge in [0.1, 0.15) is 5.82 Å². The Kier molecular flexibility index (Phi) is 5.35. The van der Waals surface area contributed by atoms with Gasteiger partial charge in [0.15, 0.2) is 0 Å². The van der Waals surface area contributed by atoms with Gasteiger partial charge in [-0.05, 0) is 67.3 Å². The number of para-hydroxylation sites is 3. The second-order valence-corrected chi connectivity index (χ2v) is 9.27. The van der Waals surface area contributed by atoms with Crippen LogP contribution in [0.4, 0.5) is 5.69 Å². The Hall–Kier alpha value is -3.12. The molecule has 5 nitrogen and oxygen atoms in total. The van der Waals surface area contributed by atoms with E-state index in [-0.39, 0.29) is 4.90 Å². The number of aryl methyl sites for hydroxylation is 5. The van der Waals surface area contributed by atoms with Gasteiger partial charge in [0, 0.05) is 13.5 Å². The topological polar surface area (TPSA) is 64.0 Å². The molecule has 0 bridgehead atoms. The summed E-state index contributed by atoms with van der Waals surface area (Å²) >= 11 is 0. The number of aromatic nitrogens is 2. The standard InChI is InChI=1S/C24H25N3O2S/c1-17-12-14-20(16-18(17)2)30(28,29)26-21-9-5-4-8-19(21)13-15-24-25-22-10-6-7-11-23(22)27(24)3/h4-12,14,16,26H,13,15H2,1-3H3. The zero-order valence-electron chi connectivity index (χ0n) is 17.4. The van der Waals surface area contributed by atoms with Crippen LogP contribution in [-0.4, -0.2) is 18.0 Å². The Morgan fingerprint density at radius 1 is 0.900 bits per heavy atom. The van der Waals surface area contributed by atoms with Crippen LogP contribution in [0.2, 0.25) is 0 Å². The Labute approximate surface area is 177 Å². The number of nitrogens with one attached hydrogen (secondary N) is 1. The van der Waals surface area contributed by atoms with Gasteiger partial charge in [-0.25, -0.2) is 13.4 Å². The third-order valence-electron chi connectivity index (χ3n) is 5.55. The Morgan fingerprint density at radius 3 is 2.40 bits per heavy atom. The van der Waals surface area contributed by atoms with Gasteiger partial charge in [-0.2, -0.15) is 0 Å². The molecule has 4 rings (SSSR count). The van der Waals surface area contributed by atoms with E-state index in [0.29, 0.717) is 18.5 Å². The number of hydrogen-bond acceptors (Lipinski definition) is 3. The maximum atomic E-state index is 12.9. The summed E-state index contributed by atoms with van der Waals surface area (Å²) in [5.74, 6) is 0.975. The molecule has 0 spiro atoms. The average Bonchev–Trinajstić information content (AvgIpc) is 3.05.